The van der Waals surface area contributed by atoms with E-state index in [1.54, 1.807) is 4.90 Å². The van der Waals surface area contributed by atoms with Crippen LogP contribution in [-0.4, -0.2) is 82.1 Å². The van der Waals surface area contributed by atoms with Gasteiger partial charge in [-0.15, -0.1) is 0 Å². The fourth-order valence-electron chi connectivity index (χ4n) is 4.19. The zero-order valence-corrected chi connectivity index (χ0v) is 22.6. The average molecular weight is 602 g/mol. The van der Waals surface area contributed by atoms with Gasteiger partial charge < -0.3 is 20.2 Å². The van der Waals surface area contributed by atoms with Crippen LogP contribution in [0.2, 0.25) is 0 Å². The van der Waals surface area contributed by atoms with E-state index in [0.717, 1.165) is 23.5 Å². The van der Waals surface area contributed by atoms with Gasteiger partial charge in [0.25, 0.3) is 0 Å². The number of halogens is 5. The Labute approximate surface area is 238 Å². The first kappa shape index (κ1) is 32.1. The SMILES string of the molecule is C.CCN(C)Cc1sc(Nc2ncnc(N3CCN(CCC(=O)O)CC3)c2F)nc1-c1cc(F)cc(C(F)(F)F)c1. The largest absolute Gasteiger partial charge is 0.481 e. The van der Waals surface area contributed by atoms with E-state index in [0.29, 0.717) is 56.8 Å². The molecule has 0 amide bonds. The van der Waals surface area contributed by atoms with Crippen LogP contribution in [0.1, 0.15) is 31.2 Å². The summed E-state index contributed by atoms with van der Waals surface area (Å²) >= 11 is 1.11. The quantitative estimate of drug-likeness (QED) is 0.299. The normalized spacial score (nSPS) is 14.3. The number of nitrogens with one attached hydrogen (secondary N) is 1. The lowest BCUT2D eigenvalue weighted by Crippen LogP contribution is -2.47. The summed E-state index contributed by atoms with van der Waals surface area (Å²) in [6.45, 7) is 5.23. The van der Waals surface area contributed by atoms with Crippen LogP contribution in [0.25, 0.3) is 11.3 Å². The Morgan fingerprint density at radius 3 is 2.49 bits per heavy atom. The van der Waals surface area contributed by atoms with E-state index in [2.05, 4.69) is 20.3 Å². The average Bonchev–Trinajstić information content (AvgIpc) is 3.30. The van der Waals surface area contributed by atoms with E-state index < -0.39 is 29.3 Å². The molecular formula is C26H32F5N7O2S. The number of hydrogen-bond donors (Lipinski definition) is 2. The van der Waals surface area contributed by atoms with Crippen molar-refractivity contribution in [3.05, 3.63) is 46.6 Å². The van der Waals surface area contributed by atoms with Crippen molar-refractivity contribution in [1.29, 1.82) is 0 Å². The smallest absolute Gasteiger partial charge is 0.416 e. The Kier molecular flexibility index (Phi) is 10.6. The predicted molar refractivity (Wildman–Crippen MR) is 147 cm³/mol. The Morgan fingerprint density at radius 1 is 1.15 bits per heavy atom. The summed E-state index contributed by atoms with van der Waals surface area (Å²) in [5.74, 6) is -2.75. The third-order valence-electron chi connectivity index (χ3n) is 6.46. The number of benzene rings is 1. The van der Waals surface area contributed by atoms with E-state index in [-0.39, 0.29) is 41.9 Å². The molecule has 2 aromatic heterocycles. The maximum atomic E-state index is 15.5. The Bertz CT molecular complexity index is 1350. The fourth-order valence-corrected chi connectivity index (χ4v) is 5.25. The fraction of sp³-hybridized carbons (Fsp3) is 0.462. The Morgan fingerprint density at radius 2 is 1.85 bits per heavy atom. The third kappa shape index (κ3) is 8.07. The first-order valence-corrected chi connectivity index (χ1v) is 13.3. The first-order valence-electron chi connectivity index (χ1n) is 12.5. The molecule has 224 valence electrons. The van der Waals surface area contributed by atoms with Gasteiger partial charge in [-0.05, 0) is 31.8 Å². The second-order valence-electron chi connectivity index (χ2n) is 9.30. The van der Waals surface area contributed by atoms with Gasteiger partial charge in [-0.2, -0.15) is 17.6 Å². The molecule has 41 heavy (non-hydrogen) atoms. The van der Waals surface area contributed by atoms with Crippen LogP contribution in [0.15, 0.2) is 24.5 Å². The molecule has 3 heterocycles. The molecule has 1 saturated heterocycles. The van der Waals surface area contributed by atoms with Crippen LogP contribution in [0.5, 0.6) is 0 Å². The summed E-state index contributed by atoms with van der Waals surface area (Å²) in [7, 11) is 1.82. The van der Waals surface area contributed by atoms with Gasteiger partial charge in [0.05, 0.1) is 17.7 Å². The number of aliphatic carboxylic acids is 1. The summed E-state index contributed by atoms with van der Waals surface area (Å²) in [5, 5.41) is 11.9. The Balaban J connectivity index is 0.00000462. The molecule has 0 saturated carbocycles. The molecule has 1 fully saturated rings. The van der Waals surface area contributed by atoms with E-state index >= 15 is 4.39 Å². The van der Waals surface area contributed by atoms with E-state index in [1.165, 1.54) is 6.33 Å². The summed E-state index contributed by atoms with van der Waals surface area (Å²) in [6.07, 6.45) is -3.52. The molecule has 0 radical (unpaired) electrons. The lowest BCUT2D eigenvalue weighted by Gasteiger charge is -2.35. The van der Waals surface area contributed by atoms with Crippen molar-refractivity contribution in [2.75, 3.05) is 56.5 Å². The maximum absolute atomic E-state index is 15.5. The molecule has 0 atom stereocenters. The molecule has 3 aromatic rings. The van der Waals surface area contributed by atoms with Gasteiger partial charge in [-0.25, -0.2) is 19.3 Å². The summed E-state index contributed by atoms with van der Waals surface area (Å²) in [4.78, 5) is 29.5. The Hall–Kier alpha value is -3.43. The molecule has 1 aromatic carbocycles. The number of alkyl halides is 3. The van der Waals surface area contributed by atoms with Crippen molar-refractivity contribution in [1.82, 2.24) is 24.8 Å². The van der Waals surface area contributed by atoms with Crippen molar-refractivity contribution >= 4 is 34.1 Å². The van der Waals surface area contributed by atoms with Crippen LogP contribution < -0.4 is 10.2 Å². The number of carboxylic acids is 1. The highest BCUT2D eigenvalue weighted by Crippen LogP contribution is 2.38. The first-order chi connectivity index (χ1) is 18.9. The highest BCUT2D eigenvalue weighted by molar-refractivity contribution is 7.16. The second kappa shape index (κ2) is 13.5. The number of carbonyl (C=O) groups is 1. The number of rotatable bonds is 10. The molecule has 0 unspecified atom stereocenters. The zero-order valence-electron chi connectivity index (χ0n) is 21.8. The lowest BCUT2D eigenvalue weighted by molar-refractivity contribution is -0.138. The van der Waals surface area contributed by atoms with Gasteiger partial charge in [0.1, 0.15) is 12.1 Å². The molecular weight excluding hydrogens is 569 g/mol. The number of nitrogens with zero attached hydrogens (tertiary/aromatic N) is 6. The molecule has 4 rings (SSSR count). The van der Waals surface area contributed by atoms with Crippen molar-refractivity contribution in [3.63, 3.8) is 0 Å². The number of carboxylic acid groups (broad SMARTS) is 1. The molecule has 1 aliphatic rings. The monoisotopic (exact) mass is 601 g/mol. The molecule has 15 heteroatoms. The standard InChI is InChI=1S/C25H28F5N7O2S.CH4/c1-3-35(2)13-18-21(15-10-16(25(28,29)30)12-17(26)11-15)33-24(40-18)34-22-20(27)23(32-14-31-22)37-8-6-36(7-9-37)5-4-19(38)39;/h10-12,14H,3-9,13H2,1-2H3,(H,38,39)(H,31,32,33,34);1H4. The van der Waals surface area contributed by atoms with Crippen molar-refractivity contribution in [2.45, 2.75) is 33.5 Å². The van der Waals surface area contributed by atoms with E-state index in [9.17, 15) is 22.4 Å². The van der Waals surface area contributed by atoms with Crippen LogP contribution in [0.3, 0.4) is 0 Å². The number of aromatic nitrogens is 3. The minimum Gasteiger partial charge on any atom is -0.481 e. The highest BCUT2D eigenvalue weighted by atomic mass is 32.1. The van der Waals surface area contributed by atoms with Crippen LogP contribution in [0, 0.1) is 11.6 Å². The van der Waals surface area contributed by atoms with E-state index in [1.807, 2.05) is 23.8 Å². The third-order valence-corrected chi connectivity index (χ3v) is 7.41. The molecule has 2 N–H and O–H groups in total. The van der Waals surface area contributed by atoms with Crippen LogP contribution in [-0.2, 0) is 17.5 Å². The van der Waals surface area contributed by atoms with Crippen molar-refractivity contribution in [2.24, 2.45) is 0 Å². The number of hydrogen-bond acceptors (Lipinski definition) is 9. The maximum Gasteiger partial charge on any atom is 0.416 e. The summed E-state index contributed by atoms with van der Waals surface area (Å²) < 4.78 is 69.8. The van der Waals surface area contributed by atoms with Gasteiger partial charge in [-0.3, -0.25) is 9.69 Å². The van der Waals surface area contributed by atoms with Gasteiger partial charge in [0.15, 0.2) is 16.8 Å². The van der Waals surface area contributed by atoms with Crippen molar-refractivity contribution in [3.8, 4) is 11.3 Å². The molecule has 0 aliphatic carbocycles. The van der Waals surface area contributed by atoms with Gasteiger partial charge >= 0.3 is 12.1 Å². The zero-order chi connectivity index (χ0) is 29.0. The molecule has 0 bridgehead atoms. The number of piperazine rings is 1. The minimum absolute atomic E-state index is 0. The predicted octanol–water partition coefficient (Wildman–Crippen LogP) is 5.33. The highest BCUT2D eigenvalue weighted by Gasteiger charge is 2.32. The topological polar surface area (TPSA) is 97.7 Å². The minimum atomic E-state index is -4.74. The lowest BCUT2D eigenvalue weighted by atomic mass is 10.1. The number of thiazole rings is 1. The summed E-state index contributed by atoms with van der Waals surface area (Å²) in [6, 6.07) is 2.26. The molecule has 9 nitrogen and oxygen atoms in total. The second-order valence-corrected chi connectivity index (χ2v) is 10.4. The van der Waals surface area contributed by atoms with Gasteiger partial charge in [-0.1, -0.05) is 25.7 Å². The van der Waals surface area contributed by atoms with Crippen molar-refractivity contribution < 1.29 is 31.9 Å². The van der Waals surface area contributed by atoms with E-state index in [4.69, 9.17) is 5.11 Å². The van der Waals surface area contributed by atoms with Gasteiger partial charge in [0, 0.05) is 49.7 Å². The van der Waals surface area contributed by atoms with Crippen LogP contribution in [0.4, 0.5) is 38.7 Å². The molecule has 0 spiro atoms. The number of anilines is 3. The van der Waals surface area contributed by atoms with Crippen LogP contribution >= 0.6 is 11.3 Å². The summed E-state index contributed by atoms with van der Waals surface area (Å²) in [5.41, 5.74) is -1.01. The van der Waals surface area contributed by atoms with Gasteiger partial charge in [0.2, 0.25) is 5.82 Å². The molecule has 1 aliphatic heterocycles.